The van der Waals surface area contributed by atoms with Crippen molar-refractivity contribution in [3.05, 3.63) is 42.2 Å². The molecular formula is C10H7F3N2O. The van der Waals surface area contributed by atoms with Gasteiger partial charge in [0, 0.05) is 0 Å². The molecule has 0 aliphatic rings. The van der Waals surface area contributed by atoms with Crippen molar-refractivity contribution in [2.75, 3.05) is 0 Å². The van der Waals surface area contributed by atoms with Crippen LogP contribution in [0.1, 0.15) is 5.56 Å². The van der Waals surface area contributed by atoms with Crippen molar-refractivity contribution in [1.29, 1.82) is 0 Å². The van der Waals surface area contributed by atoms with Crippen LogP contribution in [0.15, 0.2) is 36.7 Å². The van der Waals surface area contributed by atoms with Gasteiger partial charge in [-0.1, -0.05) is 12.1 Å². The molecule has 0 spiro atoms. The highest BCUT2D eigenvalue weighted by Crippen LogP contribution is 2.33. The van der Waals surface area contributed by atoms with Gasteiger partial charge < -0.3 is 5.11 Å². The number of hydrogen-bond acceptors (Lipinski definition) is 2. The number of halogens is 3. The van der Waals surface area contributed by atoms with Crippen LogP contribution < -0.4 is 0 Å². The lowest BCUT2D eigenvalue weighted by Crippen LogP contribution is -2.10. The first-order chi connectivity index (χ1) is 7.48. The van der Waals surface area contributed by atoms with Crippen molar-refractivity contribution < 1.29 is 18.3 Å². The average Bonchev–Trinajstić information content (AvgIpc) is 2.64. The second-order valence-corrected chi connectivity index (χ2v) is 3.16. The maximum atomic E-state index is 12.6. The fraction of sp³-hybridized carbons (Fsp3) is 0.100. The fourth-order valence-corrected chi connectivity index (χ4v) is 1.36. The second kappa shape index (κ2) is 3.55. The number of aromatic nitrogens is 2. The highest BCUT2D eigenvalue weighted by atomic mass is 19.4. The van der Waals surface area contributed by atoms with Gasteiger partial charge in [-0.15, -0.1) is 0 Å². The molecule has 6 heteroatoms. The van der Waals surface area contributed by atoms with Gasteiger partial charge in [0.2, 0.25) is 0 Å². The third-order valence-corrected chi connectivity index (χ3v) is 2.03. The molecule has 0 fully saturated rings. The minimum atomic E-state index is -4.45. The van der Waals surface area contributed by atoms with Crippen LogP contribution in [0, 0.1) is 0 Å². The molecule has 84 valence electrons. The summed E-state index contributed by atoms with van der Waals surface area (Å²) in [5, 5.41) is 12.7. The third kappa shape index (κ3) is 1.86. The Morgan fingerprint density at radius 3 is 2.44 bits per heavy atom. The molecule has 16 heavy (non-hydrogen) atoms. The molecule has 0 unspecified atom stereocenters. The quantitative estimate of drug-likeness (QED) is 0.814. The Kier molecular flexibility index (Phi) is 2.34. The van der Waals surface area contributed by atoms with Gasteiger partial charge in [0.15, 0.2) is 5.75 Å². The Morgan fingerprint density at radius 1 is 1.19 bits per heavy atom. The summed E-state index contributed by atoms with van der Waals surface area (Å²) < 4.78 is 38.9. The smallest absolute Gasteiger partial charge is 0.418 e. The van der Waals surface area contributed by atoms with Crippen molar-refractivity contribution in [3.8, 4) is 11.4 Å². The minimum absolute atomic E-state index is 0.115. The van der Waals surface area contributed by atoms with Gasteiger partial charge in [0.1, 0.15) is 0 Å². The molecule has 0 bridgehead atoms. The van der Waals surface area contributed by atoms with Crippen molar-refractivity contribution in [2.24, 2.45) is 0 Å². The summed E-state index contributed by atoms with van der Waals surface area (Å²) in [6.45, 7) is 0. The molecule has 1 aromatic heterocycles. The van der Waals surface area contributed by atoms with Crippen LogP contribution >= 0.6 is 0 Å². The molecular weight excluding hydrogens is 221 g/mol. The molecule has 0 aliphatic carbocycles. The van der Waals surface area contributed by atoms with Crippen LogP contribution in [0.3, 0.4) is 0 Å². The summed E-state index contributed by atoms with van der Waals surface area (Å²) in [7, 11) is 0. The number of rotatable bonds is 1. The van der Waals surface area contributed by atoms with E-state index in [0.717, 1.165) is 23.1 Å². The number of aromatic hydroxyl groups is 1. The minimum Gasteiger partial charge on any atom is -0.505 e. The van der Waals surface area contributed by atoms with Crippen molar-refractivity contribution in [2.45, 2.75) is 6.18 Å². The standard InChI is InChI=1S/C10H7F3N2O/c11-10(12,13)8-3-1-2-4-9(8)15-6-7(16)5-14-15/h1-6,16H. The van der Waals surface area contributed by atoms with E-state index in [1.54, 1.807) is 0 Å². The molecule has 1 N–H and O–H groups in total. The first kappa shape index (κ1) is 10.5. The van der Waals surface area contributed by atoms with E-state index < -0.39 is 11.7 Å². The SMILES string of the molecule is Oc1cnn(-c2ccccc2C(F)(F)F)c1. The molecule has 0 radical (unpaired) electrons. The Bertz CT molecular complexity index is 505. The van der Waals surface area contributed by atoms with Crippen LogP contribution in [-0.2, 0) is 6.18 Å². The summed E-state index contributed by atoms with van der Waals surface area (Å²) in [5.74, 6) is -0.183. The third-order valence-electron chi connectivity index (χ3n) is 2.03. The topological polar surface area (TPSA) is 38.1 Å². The van der Waals surface area contributed by atoms with Crippen LogP contribution in [-0.4, -0.2) is 14.9 Å². The van der Waals surface area contributed by atoms with Crippen molar-refractivity contribution >= 4 is 0 Å². The average molecular weight is 228 g/mol. The predicted molar refractivity (Wildman–Crippen MR) is 50.2 cm³/mol. The lowest BCUT2D eigenvalue weighted by molar-refractivity contribution is -0.137. The normalized spacial score (nSPS) is 11.7. The number of benzene rings is 1. The molecule has 1 heterocycles. The highest BCUT2D eigenvalue weighted by molar-refractivity contribution is 5.42. The maximum Gasteiger partial charge on any atom is 0.418 e. The summed E-state index contributed by atoms with van der Waals surface area (Å²) in [6, 6.07) is 5.03. The summed E-state index contributed by atoms with van der Waals surface area (Å²) >= 11 is 0. The fourth-order valence-electron chi connectivity index (χ4n) is 1.36. The monoisotopic (exact) mass is 228 g/mol. The molecule has 0 amide bonds. The summed E-state index contributed by atoms with van der Waals surface area (Å²) in [4.78, 5) is 0. The van der Waals surface area contributed by atoms with E-state index in [1.165, 1.54) is 18.2 Å². The van der Waals surface area contributed by atoms with Gasteiger partial charge in [-0.05, 0) is 12.1 Å². The molecule has 2 aromatic rings. The van der Waals surface area contributed by atoms with Gasteiger partial charge in [0.05, 0.1) is 23.6 Å². The zero-order valence-corrected chi connectivity index (χ0v) is 7.94. The Balaban J connectivity index is 2.57. The van der Waals surface area contributed by atoms with E-state index in [-0.39, 0.29) is 11.4 Å². The van der Waals surface area contributed by atoms with E-state index in [9.17, 15) is 13.2 Å². The van der Waals surface area contributed by atoms with Crippen molar-refractivity contribution in [3.63, 3.8) is 0 Å². The van der Waals surface area contributed by atoms with E-state index in [4.69, 9.17) is 5.11 Å². The predicted octanol–water partition coefficient (Wildman–Crippen LogP) is 2.60. The van der Waals surface area contributed by atoms with E-state index in [1.807, 2.05) is 0 Å². The van der Waals surface area contributed by atoms with Gasteiger partial charge in [-0.3, -0.25) is 0 Å². The maximum absolute atomic E-state index is 12.6. The summed E-state index contributed by atoms with van der Waals surface area (Å²) in [5.41, 5.74) is -0.909. The summed E-state index contributed by atoms with van der Waals surface area (Å²) in [6.07, 6.45) is -2.25. The number of para-hydroxylation sites is 1. The van der Waals surface area contributed by atoms with Crippen LogP contribution in [0.25, 0.3) is 5.69 Å². The lowest BCUT2D eigenvalue weighted by atomic mass is 10.2. The first-order valence-corrected chi connectivity index (χ1v) is 4.39. The number of hydrogen-bond donors (Lipinski definition) is 1. The molecule has 2 rings (SSSR count). The van der Waals surface area contributed by atoms with Crippen LogP contribution in [0.2, 0.25) is 0 Å². The molecule has 0 saturated carbocycles. The molecule has 3 nitrogen and oxygen atoms in total. The Morgan fingerprint density at radius 2 is 1.88 bits per heavy atom. The molecule has 0 atom stereocenters. The Labute approximate surface area is 88.8 Å². The van der Waals surface area contributed by atoms with Gasteiger partial charge in [-0.25, -0.2) is 4.68 Å². The van der Waals surface area contributed by atoms with E-state index in [0.29, 0.717) is 0 Å². The molecule has 0 aliphatic heterocycles. The zero-order chi connectivity index (χ0) is 11.8. The highest BCUT2D eigenvalue weighted by Gasteiger charge is 2.33. The largest absolute Gasteiger partial charge is 0.505 e. The van der Waals surface area contributed by atoms with E-state index in [2.05, 4.69) is 5.10 Å². The zero-order valence-electron chi connectivity index (χ0n) is 7.94. The van der Waals surface area contributed by atoms with Crippen molar-refractivity contribution in [1.82, 2.24) is 9.78 Å². The van der Waals surface area contributed by atoms with Gasteiger partial charge >= 0.3 is 6.18 Å². The van der Waals surface area contributed by atoms with E-state index >= 15 is 0 Å². The van der Waals surface area contributed by atoms with Crippen LogP contribution in [0.5, 0.6) is 5.75 Å². The lowest BCUT2D eigenvalue weighted by Gasteiger charge is -2.11. The molecule has 1 aromatic carbocycles. The van der Waals surface area contributed by atoms with Gasteiger partial charge in [-0.2, -0.15) is 18.3 Å². The Hall–Kier alpha value is -1.98. The number of nitrogens with zero attached hydrogens (tertiary/aromatic N) is 2. The molecule has 0 saturated heterocycles. The first-order valence-electron chi connectivity index (χ1n) is 4.39. The van der Waals surface area contributed by atoms with Crippen LogP contribution in [0.4, 0.5) is 13.2 Å². The second-order valence-electron chi connectivity index (χ2n) is 3.16. The number of alkyl halides is 3. The van der Waals surface area contributed by atoms with Gasteiger partial charge in [0.25, 0.3) is 0 Å².